The number of nitrogens with zero attached hydrogens (tertiary/aromatic N) is 1. The van der Waals surface area contributed by atoms with Crippen LogP contribution in [0.25, 0.3) is 0 Å². The fraction of sp³-hybridized carbons (Fsp3) is 0.929. The van der Waals surface area contributed by atoms with Crippen molar-refractivity contribution in [1.82, 2.24) is 4.90 Å². The zero-order valence-electron chi connectivity index (χ0n) is 13.1. The first kappa shape index (κ1) is 20.3. The summed E-state index contributed by atoms with van der Waals surface area (Å²) in [6.07, 6.45) is 0.774. The molecule has 0 radical (unpaired) electrons. The number of hydrogen-bond donors (Lipinski definition) is 4. The Kier molecular flexibility index (Phi) is 11.5. The summed E-state index contributed by atoms with van der Waals surface area (Å²) in [6.45, 7) is 4.85. The third-order valence-electron chi connectivity index (χ3n) is 3.03. The molecule has 0 aliphatic carbocycles. The minimum Gasteiger partial charge on any atom is -0.465 e. The van der Waals surface area contributed by atoms with Gasteiger partial charge in [0, 0.05) is 13.1 Å². The van der Waals surface area contributed by atoms with Crippen LogP contribution in [0.1, 0.15) is 33.1 Å². The van der Waals surface area contributed by atoms with E-state index in [1.54, 1.807) is 13.8 Å². The van der Waals surface area contributed by atoms with E-state index in [1.807, 2.05) is 4.90 Å². The minimum absolute atomic E-state index is 0.302. The number of esters is 1. The van der Waals surface area contributed by atoms with Gasteiger partial charge in [0.15, 0.2) is 0 Å². The lowest BCUT2D eigenvalue weighted by Gasteiger charge is -2.25. The molecular formula is C14H30N2O5. The van der Waals surface area contributed by atoms with Crippen molar-refractivity contribution in [2.75, 3.05) is 32.8 Å². The van der Waals surface area contributed by atoms with Crippen LogP contribution >= 0.6 is 0 Å². The van der Waals surface area contributed by atoms with E-state index in [4.69, 9.17) is 15.6 Å². The Hall–Kier alpha value is -0.730. The van der Waals surface area contributed by atoms with Crippen molar-refractivity contribution in [2.45, 2.75) is 51.4 Å². The maximum absolute atomic E-state index is 11.3. The van der Waals surface area contributed by atoms with Crippen LogP contribution in [-0.4, -0.2) is 77.3 Å². The predicted octanol–water partition coefficient (Wildman–Crippen LogP) is -0.917. The second-order valence-electron chi connectivity index (χ2n) is 5.30. The minimum atomic E-state index is -0.814. The van der Waals surface area contributed by atoms with Crippen molar-refractivity contribution in [3.63, 3.8) is 0 Å². The van der Waals surface area contributed by atoms with Gasteiger partial charge in [0.2, 0.25) is 0 Å². The SMILES string of the molecule is CCOC(=O)C(N)CCCCN(CC(C)O)CC(O)CO. The topological polar surface area (TPSA) is 116 Å². The van der Waals surface area contributed by atoms with Gasteiger partial charge in [0.25, 0.3) is 0 Å². The molecule has 7 nitrogen and oxygen atoms in total. The van der Waals surface area contributed by atoms with Gasteiger partial charge in [-0.1, -0.05) is 6.42 Å². The number of unbranched alkanes of at least 4 members (excludes halogenated alkanes) is 1. The summed E-state index contributed by atoms with van der Waals surface area (Å²) in [5.74, 6) is -0.381. The monoisotopic (exact) mass is 306 g/mol. The van der Waals surface area contributed by atoms with Crippen LogP contribution < -0.4 is 5.73 Å². The molecule has 0 aromatic carbocycles. The van der Waals surface area contributed by atoms with E-state index in [0.29, 0.717) is 32.7 Å². The van der Waals surface area contributed by atoms with Gasteiger partial charge < -0.3 is 25.8 Å². The summed E-state index contributed by atoms with van der Waals surface area (Å²) < 4.78 is 4.83. The Labute approximate surface area is 126 Å². The van der Waals surface area contributed by atoms with Crippen molar-refractivity contribution in [3.05, 3.63) is 0 Å². The fourth-order valence-corrected chi connectivity index (χ4v) is 2.05. The number of carbonyl (C=O) groups is 1. The van der Waals surface area contributed by atoms with Gasteiger partial charge in [0.05, 0.1) is 25.4 Å². The highest BCUT2D eigenvalue weighted by molar-refractivity contribution is 5.75. The van der Waals surface area contributed by atoms with Crippen molar-refractivity contribution in [1.29, 1.82) is 0 Å². The van der Waals surface area contributed by atoms with Crippen LogP contribution in [0, 0.1) is 0 Å². The first-order chi connectivity index (χ1) is 9.90. The molecule has 7 heteroatoms. The number of aliphatic hydroxyl groups is 3. The molecule has 3 atom stereocenters. The van der Waals surface area contributed by atoms with Crippen LogP contribution in [0.4, 0.5) is 0 Å². The van der Waals surface area contributed by atoms with Crippen molar-refractivity contribution in [2.24, 2.45) is 5.73 Å². The third-order valence-corrected chi connectivity index (χ3v) is 3.03. The zero-order chi connectivity index (χ0) is 16.3. The van der Waals surface area contributed by atoms with E-state index >= 15 is 0 Å². The second kappa shape index (κ2) is 11.9. The summed E-state index contributed by atoms with van der Waals surface area (Å²) >= 11 is 0. The van der Waals surface area contributed by atoms with Crippen LogP contribution in [0.15, 0.2) is 0 Å². The average Bonchev–Trinajstić information content (AvgIpc) is 2.42. The smallest absolute Gasteiger partial charge is 0.322 e. The summed E-state index contributed by atoms with van der Waals surface area (Å²) in [5, 5.41) is 27.7. The number of aliphatic hydroxyl groups excluding tert-OH is 3. The molecule has 3 unspecified atom stereocenters. The maximum atomic E-state index is 11.3. The fourth-order valence-electron chi connectivity index (χ4n) is 2.05. The van der Waals surface area contributed by atoms with E-state index in [0.717, 1.165) is 12.8 Å². The number of rotatable bonds is 12. The molecule has 0 spiro atoms. The van der Waals surface area contributed by atoms with Crippen LogP contribution in [0.2, 0.25) is 0 Å². The van der Waals surface area contributed by atoms with Crippen molar-refractivity contribution < 1.29 is 24.9 Å². The van der Waals surface area contributed by atoms with Gasteiger partial charge in [-0.05, 0) is 33.2 Å². The summed E-state index contributed by atoms with van der Waals surface area (Å²) in [6, 6.07) is -0.599. The predicted molar refractivity (Wildman–Crippen MR) is 79.7 cm³/mol. The Morgan fingerprint density at radius 3 is 2.48 bits per heavy atom. The maximum Gasteiger partial charge on any atom is 0.322 e. The molecule has 0 aliphatic rings. The number of hydrogen-bond acceptors (Lipinski definition) is 7. The molecule has 126 valence electrons. The molecule has 0 fully saturated rings. The Morgan fingerprint density at radius 1 is 1.29 bits per heavy atom. The molecule has 0 bridgehead atoms. The van der Waals surface area contributed by atoms with Gasteiger partial charge in [0.1, 0.15) is 6.04 Å². The molecule has 21 heavy (non-hydrogen) atoms. The summed E-state index contributed by atoms with van der Waals surface area (Å²) in [4.78, 5) is 13.2. The molecule has 0 saturated carbocycles. The highest BCUT2D eigenvalue weighted by Gasteiger charge is 2.15. The molecule has 0 rings (SSSR count). The summed E-state index contributed by atoms with van der Waals surface area (Å²) in [7, 11) is 0. The van der Waals surface area contributed by atoms with Gasteiger partial charge in [-0.3, -0.25) is 9.69 Å². The van der Waals surface area contributed by atoms with E-state index in [9.17, 15) is 15.0 Å². The van der Waals surface area contributed by atoms with E-state index in [-0.39, 0.29) is 12.6 Å². The van der Waals surface area contributed by atoms with Gasteiger partial charge >= 0.3 is 5.97 Å². The molecule has 0 amide bonds. The quantitative estimate of drug-likeness (QED) is 0.272. The lowest BCUT2D eigenvalue weighted by molar-refractivity contribution is -0.144. The number of ether oxygens (including phenoxy) is 1. The molecule has 0 aromatic heterocycles. The molecule has 0 aliphatic heterocycles. The first-order valence-electron chi connectivity index (χ1n) is 7.52. The lowest BCUT2D eigenvalue weighted by atomic mass is 10.1. The first-order valence-corrected chi connectivity index (χ1v) is 7.52. The van der Waals surface area contributed by atoms with Gasteiger partial charge in [-0.15, -0.1) is 0 Å². The molecule has 0 aromatic rings. The average molecular weight is 306 g/mol. The molecule has 5 N–H and O–H groups in total. The number of carbonyl (C=O) groups excluding carboxylic acids is 1. The highest BCUT2D eigenvalue weighted by Crippen LogP contribution is 2.04. The van der Waals surface area contributed by atoms with E-state index in [1.165, 1.54) is 0 Å². The third kappa shape index (κ3) is 10.6. The Morgan fingerprint density at radius 2 is 1.95 bits per heavy atom. The van der Waals surface area contributed by atoms with Crippen LogP contribution in [0.3, 0.4) is 0 Å². The van der Waals surface area contributed by atoms with Gasteiger partial charge in [-0.25, -0.2) is 0 Å². The van der Waals surface area contributed by atoms with Crippen molar-refractivity contribution >= 4 is 5.97 Å². The zero-order valence-corrected chi connectivity index (χ0v) is 13.1. The second-order valence-corrected chi connectivity index (χ2v) is 5.30. The van der Waals surface area contributed by atoms with E-state index < -0.39 is 18.2 Å². The Bertz CT molecular complexity index is 276. The molecular weight excluding hydrogens is 276 g/mol. The Balaban J connectivity index is 3.98. The molecule has 0 heterocycles. The van der Waals surface area contributed by atoms with Crippen LogP contribution in [0.5, 0.6) is 0 Å². The lowest BCUT2D eigenvalue weighted by Crippen LogP contribution is -2.39. The number of nitrogens with two attached hydrogens (primary N) is 1. The van der Waals surface area contributed by atoms with Crippen molar-refractivity contribution in [3.8, 4) is 0 Å². The largest absolute Gasteiger partial charge is 0.465 e. The summed E-state index contributed by atoms with van der Waals surface area (Å²) in [5.41, 5.74) is 5.70. The van der Waals surface area contributed by atoms with E-state index in [2.05, 4.69) is 0 Å². The molecule has 0 saturated heterocycles. The van der Waals surface area contributed by atoms with Gasteiger partial charge in [-0.2, -0.15) is 0 Å². The highest BCUT2D eigenvalue weighted by atomic mass is 16.5. The van der Waals surface area contributed by atoms with Crippen LogP contribution in [-0.2, 0) is 9.53 Å². The standard InChI is InChI=1S/C14H30N2O5/c1-3-21-14(20)13(15)6-4-5-7-16(8-11(2)18)9-12(19)10-17/h11-13,17-19H,3-10,15H2,1-2H3. The normalized spacial score (nSPS) is 15.8.